The van der Waals surface area contributed by atoms with Gasteiger partial charge in [0.15, 0.2) is 0 Å². The van der Waals surface area contributed by atoms with Crippen LogP contribution in [0.15, 0.2) is 6.20 Å². The Kier molecular flexibility index (Phi) is 3.22. The summed E-state index contributed by atoms with van der Waals surface area (Å²) in [5, 5.41) is 7.68. The second-order valence-corrected chi connectivity index (χ2v) is 6.82. The van der Waals surface area contributed by atoms with Crippen molar-refractivity contribution in [1.82, 2.24) is 14.7 Å². The zero-order valence-electron chi connectivity index (χ0n) is 12.8. The number of nitrogens with zero attached hydrogens (tertiary/aromatic N) is 3. The minimum atomic E-state index is -0.456. The molecule has 2 atom stereocenters. The zero-order chi connectivity index (χ0) is 15.2. The molecule has 2 aliphatic rings. The van der Waals surface area contributed by atoms with Crippen molar-refractivity contribution in [2.24, 2.45) is 5.92 Å². The molecule has 2 aliphatic heterocycles. The highest BCUT2D eigenvalue weighted by Crippen LogP contribution is 2.36. The normalized spacial score (nSPS) is 24.8. The molecule has 3 N–H and O–H groups in total. The Hall–Kier alpha value is -1.92. The Balaban J connectivity index is 1.70. The smallest absolute Gasteiger partial charge is 0.410 e. The number of carbonyl (C=O) groups is 1. The van der Waals surface area contributed by atoms with E-state index in [9.17, 15) is 4.79 Å². The number of carbonyl (C=O) groups excluding carboxylic acids is 1. The molecule has 1 saturated heterocycles. The van der Waals surface area contributed by atoms with Gasteiger partial charge in [-0.25, -0.2) is 9.48 Å². The first-order chi connectivity index (χ1) is 9.85. The molecule has 1 fully saturated rings. The van der Waals surface area contributed by atoms with E-state index in [2.05, 4.69) is 10.4 Å². The number of rotatable bonds is 0. The van der Waals surface area contributed by atoms with Gasteiger partial charge in [0.05, 0.1) is 17.9 Å². The van der Waals surface area contributed by atoms with Crippen molar-refractivity contribution >= 4 is 17.6 Å². The monoisotopic (exact) mass is 293 g/mol. The fraction of sp³-hybridized carbons (Fsp3) is 0.714. The summed E-state index contributed by atoms with van der Waals surface area (Å²) < 4.78 is 7.42. The molecule has 7 nitrogen and oxygen atoms in total. The van der Waals surface area contributed by atoms with E-state index in [1.54, 1.807) is 11.1 Å². The van der Waals surface area contributed by atoms with Crippen LogP contribution in [0, 0.1) is 5.92 Å². The van der Waals surface area contributed by atoms with E-state index in [1.807, 2.05) is 25.5 Å². The zero-order valence-corrected chi connectivity index (χ0v) is 12.8. The quantitative estimate of drug-likeness (QED) is 0.760. The molecule has 0 saturated carbocycles. The van der Waals surface area contributed by atoms with Gasteiger partial charge in [0.1, 0.15) is 11.4 Å². The van der Waals surface area contributed by atoms with Crippen LogP contribution >= 0.6 is 0 Å². The van der Waals surface area contributed by atoms with Gasteiger partial charge in [-0.05, 0) is 27.2 Å². The van der Waals surface area contributed by atoms with Crippen molar-refractivity contribution < 1.29 is 9.53 Å². The molecule has 1 aromatic heterocycles. The number of hydrogen-bond acceptors (Lipinski definition) is 5. The highest BCUT2D eigenvalue weighted by molar-refractivity contribution is 5.68. The number of hydrogen-bond donors (Lipinski definition) is 2. The van der Waals surface area contributed by atoms with E-state index < -0.39 is 5.60 Å². The molecule has 3 rings (SSSR count). The number of nitrogens with two attached hydrogens (primary N) is 1. The van der Waals surface area contributed by atoms with Crippen LogP contribution in [-0.4, -0.2) is 46.0 Å². The molecule has 0 bridgehead atoms. The van der Waals surface area contributed by atoms with E-state index in [0.717, 1.165) is 18.8 Å². The maximum Gasteiger partial charge on any atom is 0.410 e. The topological polar surface area (TPSA) is 85.4 Å². The van der Waals surface area contributed by atoms with Gasteiger partial charge < -0.3 is 20.7 Å². The van der Waals surface area contributed by atoms with E-state index in [0.29, 0.717) is 30.7 Å². The lowest BCUT2D eigenvalue weighted by Crippen LogP contribution is -2.50. The van der Waals surface area contributed by atoms with Crippen molar-refractivity contribution in [3.63, 3.8) is 0 Å². The van der Waals surface area contributed by atoms with Gasteiger partial charge in [-0.1, -0.05) is 0 Å². The maximum absolute atomic E-state index is 12.2. The van der Waals surface area contributed by atoms with Crippen LogP contribution in [0.25, 0.3) is 0 Å². The first-order valence-corrected chi connectivity index (χ1v) is 7.40. The van der Waals surface area contributed by atoms with Crippen LogP contribution < -0.4 is 11.1 Å². The fourth-order valence-electron chi connectivity index (χ4n) is 3.07. The third-order valence-corrected chi connectivity index (χ3v) is 4.02. The Morgan fingerprint density at radius 1 is 1.52 bits per heavy atom. The summed E-state index contributed by atoms with van der Waals surface area (Å²) in [6, 6.07) is 0.303. The van der Waals surface area contributed by atoms with E-state index in [1.165, 1.54) is 0 Å². The lowest BCUT2D eigenvalue weighted by molar-refractivity contribution is 0.0107. The van der Waals surface area contributed by atoms with E-state index >= 15 is 0 Å². The van der Waals surface area contributed by atoms with Crippen LogP contribution in [0.2, 0.25) is 0 Å². The first-order valence-electron chi connectivity index (χ1n) is 7.40. The standard InChI is InChI=1S/C14H23N5O2/c1-14(2,3)21-13(20)18-5-4-11-9(8-18)6-16-12-10(15)7-17-19(11)12/h7,9,11,16H,4-6,8,15H2,1-3H3. The van der Waals surface area contributed by atoms with Crippen molar-refractivity contribution in [1.29, 1.82) is 0 Å². The van der Waals surface area contributed by atoms with Gasteiger partial charge in [-0.15, -0.1) is 0 Å². The lowest BCUT2D eigenvalue weighted by atomic mass is 9.91. The van der Waals surface area contributed by atoms with E-state index in [-0.39, 0.29) is 6.09 Å². The molecule has 3 heterocycles. The molecule has 7 heteroatoms. The van der Waals surface area contributed by atoms with Crippen molar-refractivity contribution in [3.05, 3.63) is 6.20 Å². The summed E-state index contributed by atoms with van der Waals surface area (Å²) in [5.41, 5.74) is 6.13. The largest absolute Gasteiger partial charge is 0.444 e. The van der Waals surface area contributed by atoms with Gasteiger partial charge in [0, 0.05) is 25.6 Å². The van der Waals surface area contributed by atoms with Crippen LogP contribution in [0.3, 0.4) is 0 Å². The predicted octanol–water partition coefficient (Wildman–Crippen LogP) is 1.69. The molecule has 116 valence electrons. The van der Waals surface area contributed by atoms with Gasteiger partial charge in [0.25, 0.3) is 0 Å². The molecule has 0 spiro atoms. The number of likely N-dealkylation sites (tertiary alicyclic amines) is 1. The summed E-state index contributed by atoms with van der Waals surface area (Å²) >= 11 is 0. The van der Waals surface area contributed by atoms with Crippen LogP contribution in [0.5, 0.6) is 0 Å². The minimum absolute atomic E-state index is 0.230. The van der Waals surface area contributed by atoms with E-state index in [4.69, 9.17) is 10.5 Å². The Bertz CT molecular complexity index is 548. The number of piperidine rings is 1. The molecule has 0 aliphatic carbocycles. The average molecular weight is 293 g/mol. The number of ether oxygens (including phenoxy) is 1. The van der Waals surface area contributed by atoms with Crippen molar-refractivity contribution in [3.8, 4) is 0 Å². The second kappa shape index (κ2) is 4.82. The number of nitrogens with one attached hydrogen (secondary N) is 1. The molecular weight excluding hydrogens is 270 g/mol. The number of aromatic nitrogens is 2. The SMILES string of the molecule is CC(C)(C)OC(=O)N1CCC2C(CNc3c(N)cnn32)C1. The summed E-state index contributed by atoms with van der Waals surface area (Å²) in [6.45, 7) is 7.84. The summed E-state index contributed by atoms with van der Waals surface area (Å²) in [5.74, 6) is 1.24. The number of anilines is 2. The van der Waals surface area contributed by atoms with Gasteiger partial charge in [0.2, 0.25) is 0 Å². The molecule has 0 aromatic carbocycles. The summed E-state index contributed by atoms with van der Waals surface area (Å²) in [7, 11) is 0. The van der Waals surface area contributed by atoms with Gasteiger partial charge in [-0.2, -0.15) is 5.10 Å². The fourth-order valence-corrected chi connectivity index (χ4v) is 3.07. The molecule has 0 radical (unpaired) electrons. The highest BCUT2D eigenvalue weighted by atomic mass is 16.6. The van der Waals surface area contributed by atoms with Gasteiger partial charge >= 0.3 is 6.09 Å². The first kappa shape index (κ1) is 14.0. The van der Waals surface area contributed by atoms with Crippen LogP contribution in [-0.2, 0) is 4.74 Å². The molecule has 1 aromatic rings. The second-order valence-electron chi connectivity index (χ2n) is 6.82. The number of nitrogen functional groups attached to an aromatic ring is 1. The molecule has 21 heavy (non-hydrogen) atoms. The van der Waals surface area contributed by atoms with Crippen molar-refractivity contribution in [2.45, 2.75) is 38.8 Å². The van der Waals surface area contributed by atoms with Crippen molar-refractivity contribution in [2.75, 3.05) is 30.7 Å². The van der Waals surface area contributed by atoms with Crippen LogP contribution in [0.1, 0.15) is 33.2 Å². The average Bonchev–Trinajstić information content (AvgIpc) is 2.78. The number of amides is 1. The highest BCUT2D eigenvalue weighted by Gasteiger charge is 2.38. The van der Waals surface area contributed by atoms with Gasteiger partial charge in [-0.3, -0.25) is 0 Å². The molecule has 1 amide bonds. The summed E-state index contributed by atoms with van der Waals surface area (Å²) in [4.78, 5) is 14.0. The third kappa shape index (κ3) is 2.64. The number of fused-ring (bicyclic) bond motifs is 3. The minimum Gasteiger partial charge on any atom is -0.444 e. The lowest BCUT2D eigenvalue weighted by Gasteiger charge is -2.42. The summed E-state index contributed by atoms with van der Waals surface area (Å²) in [6.07, 6.45) is 2.33. The molecule has 2 unspecified atom stereocenters. The maximum atomic E-state index is 12.2. The third-order valence-electron chi connectivity index (χ3n) is 4.02. The predicted molar refractivity (Wildman–Crippen MR) is 80.1 cm³/mol. The van der Waals surface area contributed by atoms with Crippen LogP contribution in [0.4, 0.5) is 16.3 Å². The Morgan fingerprint density at radius 2 is 2.29 bits per heavy atom. The molecular formula is C14H23N5O2. The Morgan fingerprint density at radius 3 is 3.00 bits per heavy atom. The Labute approximate surface area is 124 Å².